The Morgan fingerprint density at radius 3 is 2.59 bits per heavy atom. The Hall–Kier alpha value is -3.36. The number of carbonyl (C=O) groups is 2. The Bertz CT molecular complexity index is 1070. The van der Waals surface area contributed by atoms with Crippen molar-refractivity contribution in [1.29, 1.82) is 0 Å². The fourth-order valence-corrected chi connectivity index (χ4v) is 5.28. The zero-order valence-corrected chi connectivity index (χ0v) is 19.3. The third-order valence-electron chi connectivity index (χ3n) is 6.97. The van der Waals surface area contributed by atoms with Crippen LogP contribution >= 0.6 is 0 Å². The van der Waals surface area contributed by atoms with E-state index in [1.807, 2.05) is 66.4 Å². The highest BCUT2D eigenvalue weighted by Gasteiger charge is 2.49. The van der Waals surface area contributed by atoms with E-state index >= 15 is 0 Å². The molecule has 4 unspecified atom stereocenters. The molecule has 8 heteroatoms. The molecule has 0 spiro atoms. The summed E-state index contributed by atoms with van der Waals surface area (Å²) in [6.07, 6.45) is 4.01. The average molecular weight is 462 g/mol. The van der Waals surface area contributed by atoms with Crippen LogP contribution in [-0.4, -0.2) is 53.0 Å². The third-order valence-corrected chi connectivity index (χ3v) is 6.97. The summed E-state index contributed by atoms with van der Waals surface area (Å²) >= 11 is 0. The van der Waals surface area contributed by atoms with Crippen LogP contribution in [0.5, 0.6) is 11.5 Å². The molecule has 178 valence electrons. The molecule has 0 aliphatic carbocycles. The van der Waals surface area contributed by atoms with E-state index in [9.17, 15) is 9.59 Å². The van der Waals surface area contributed by atoms with Gasteiger partial charge in [0.1, 0.15) is 17.5 Å². The van der Waals surface area contributed by atoms with E-state index in [0.717, 1.165) is 42.0 Å². The largest absolute Gasteiger partial charge is 0.457 e. The van der Waals surface area contributed by atoms with E-state index in [-0.39, 0.29) is 23.8 Å². The van der Waals surface area contributed by atoms with Crippen molar-refractivity contribution < 1.29 is 14.3 Å². The molecule has 2 aromatic carbocycles. The minimum absolute atomic E-state index is 0.0750. The number of benzene rings is 2. The van der Waals surface area contributed by atoms with Gasteiger partial charge in [0.05, 0.1) is 6.17 Å². The minimum atomic E-state index is -0.420. The molecule has 2 amide bonds. The van der Waals surface area contributed by atoms with Gasteiger partial charge in [-0.1, -0.05) is 37.3 Å². The number of hydrazine groups is 1. The Kier molecular flexibility index (Phi) is 6.26. The van der Waals surface area contributed by atoms with E-state index in [0.29, 0.717) is 13.0 Å². The van der Waals surface area contributed by atoms with Gasteiger partial charge in [-0.3, -0.25) is 15.0 Å². The minimum Gasteiger partial charge on any atom is -0.457 e. The highest BCUT2D eigenvalue weighted by Crippen LogP contribution is 2.41. The van der Waals surface area contributed by atoms with E-state index in [1.54, 1.807) is 0 Å². The predicted octanol–water partition coefficient (Wildman–Crippen LogP) is 2.44. The second kappa shape index (κ2) is 9.48. The summed E-state index contributed by atoms with van der Waals surface area (Å²) in [5.41, 5.74) is 14.1. The number of ether oxygens (including phenoxy) is 1. The van der Waals surface area contributed by atoms with Crippen molar-refractivity contribution in [2.24, 2.45) is 11.7 Å². The number of nitrogens with zero attached hydrogens (tertiary/aromatic N) is 2. The van der Waals surface area contributed by atoms with Gasteiger partial charge in [0.25, 0.3) is 5.91 Å². The summed E-state index contributed by atoms with van der Waals surface area (Å²) in [6.45, 7) is 3.29. The van der Waals surface area contributed by atoms with Crippen molar-refractivity contribution in [3.8, 4) is 11.5 Å². The number of likely N-dealkylation sites (tertiary alicyclic amines) is 1. The highest BCUT2D eigenvalue weighted by atomic mass is 16.5. The van der Waals surface area contributed by atoms with Crippen LogP contribution in [0, 0.1) is 5.92 Å². The van der Waals surface area contributed by atoms with Crippen LogP contribution in [0.4, 0.5) is 0 Å². The van der Waals surface area contributed by atoms with Crippen molar-refractivity contribution in [3.63, 3.8) is 0 Å². The molecule has 4 atom stereocenters. The lowest BCUT2D eigenvalue weighted by atomic mass is 9.86. The quantitative estimate of drug-likeness (QED) is 0.633. The van der Waals surface area contributed by atoms with Gasteiger partial charge in [-0.25, -0.2) is 5.43 Å². The lowest BCUT2D eigenvalue weighted by molar-refractivity contribution is -0.134. The maximum Gasteiger partial charge on any atom is 0.257 e. The molecule has 3 aliphatic heterocycles. The maximum absolute atomic E-state index is 13.0. The summed E-state index contributed by atoms with van der Waals surface area (Å²) in [7, 11) is 0. The summed E-state index contributed by atoms with van der Waals surface area (Å²) < 4.78 is 5.93. The van der Waals surface area contributed by atoms with E-state index in [4.69, 9.17) is 10.5 Å². The zero-order valence-electron chi connectivity index (χ0n) is 19.3. The van der Waals surface area contributed by atoms with Gasteiger partial charge in [-0.05, 0) is 48.2 Å². The number of carbonyl (C=O) groups excluding carboxylic acids is 2. The van der Waals surface area contributed by atoms with E-state index in [1.165, 1.54) is 0 Å². The van der Waals surface area contributed by atoms with Crippen molar-refractivity contribution in [3.05, 3.63) is 66.4 Å². The number of hydrogen-bond acceptors (Lipinski definition) is 6. The Morgan fingerprint density at radius 2 is 1.85 bits per heavy atom. The van der Waals surface area contributed by atoms with E-state index < -0.39 is 12.2 Å². The first-order chi connectivity index (χ1) is 16.5. The highest BCUT2D eigenvalue weighted by molar-refractivity contribution is 5.89. The van der Waals surface area contributed by atoms with Crippen LogP contribution in [0.3, 0.4) is 0 Å². The first-order valence-electron chi connectivity index (χ1n) is 12.0. The summed E-state index contributed by atoms with van der Waals surface area (Å²) in [5.74, 6) is 1.38. The molecule has 0 aromatic heterocycles. The van der Waals surface area contributed by atoms with Crippen LogP contribution < -0.4 is 21.3 Å². The van der Waals surface area contributed by atoms with Gasteiger partial charge >= 0.3 is 0 Å². The van der Waals surface area contributed by atoms with Gasteiger partial charge in [-0.15, -0.1) is 0 Å². The van der Waals surface area contributed by atoms with Crippen molar-refractivity contribution >= 4 is 17.4 Å². The number of rotatable bonds is 5. The van der Waals surface area contributed by atoms with Crippen molar-refractivity contribution in [1.82, 2.24) is 20.7 Å². The van der Waals surface area contributed by atoms with Crippen molar-refractivity contribution in [2.45, 2.75) is 44.4 Å². The summed E-state index contributed by atoms with van der Waals surface area (Å²) in [5, 5.41) is 0. The van der Waals surface area contributed by atoms with Crippen LogP contribution in [0.15, 0.2) is 60.8 Å². The molecular formula is C26H31N5O3. The van der Waals surface area contributed by atoms with E-state index in [2.05, 4.69) is 22.0 Å². The topological polar surface area (TPSA) is 99.9 Å². The van der Waals surface area contributed by atoms with Crippen molar-refractivity contribution in [2.75, 3.05) is 13.1 Å². The predicted molar refractivity (Wildman–Crippen MR) is 129 cm³/mol. The number of para-hydroxylation sites is 1. The lowest BCUT2D eigenvalue weighted by Crippen LogP contribution is -2.67. The number of hydrogen-bond donors (Lipinski definition) is 3. The Labute approximate surface area is 199 Å². The molecule has 3 aliphatic rings. The number of nitrogens with two attached hydrogens (primary N) is 1. The second-order valence-electron chi connectivity index (χ2n) is 9.09. The Balaban J connectivity index is 1.42. The first-order valence-corrected chi connectivity index (χ1v) is 12.0. The molecule has 5 rings (SSSR count). The standard InChI is InChI=1S/C26H31N5O3/c1-2-22(32)30-14-6-7-18(15-30)31-16-21(23-24(31)26(33)29-28-25(23)27)17-10-12-20(13-11-17)34-19-8-4-3-5-9-19/h3-5,8-13,16,18,23-25,28H,2,6-7,14-15,27H2,1H3,(H,29,33). The van der Waals surface area contributed by atoms with Gasteiger partial charge in [0, 0.05) is 37.7 Å². The zero-order chi connectivity index (χ0) is 23.7. The molecule has 0 bridgehead atoms. The number of nitrogens with one attached hydrogen (secondary N) is 2. The Morgan fingerprint density at radius 1 is 1.12 bits per heavy atom. The molecule has 2 fully saturated rings. The fourth-order valence-electron chi connectivity index (χ4n) is 5.28. The molecular weight excluding hydrogens is 430 g/mol. The smallest absolute Gasteiger partial charge is 0.257 e. The normalized spacial score (nSPS) is 26.5. The van der Waals surface area contributed by atoms with Crippen LogP contribution in [0.1, 0.15) is 31.7 Å². The molecule has 4 N–H and O–H groups in total. The van der Waals surface area contributed by atoms with Gasteiger partial charge in [0.15, 0.2) is 0 Å². The molecule has 0 saturated carbocycles. The molecule has 8 nitrogen and oxygen atoms in total. The monoisotopic (exact) mass is 461 g/mol. The fraction of sp³-hybridized carbons (Fsp3) is 0.385. The average Bonchev–Trinajstić information content (AvgIpc) is 3.29. The molecule has 0 radical (unpaired) electrons. The molecule has 3 heterocycles. The summed E-state index contributed by atoms with van der Waals surface area (Å²) in [4.78, 5) is 29.4. The number of piperidine rings is 1. The van der Waals surface area contributed by atoms with Gasteiger partial charge in [-0.2, -0.15) is 0 Å². The molecule has 2 aromatic rings. The third kappa shape index (κ3) is 4.26. The molecule has 34 heavy (non-hydrogen) atoms. The van der Waals surface area contributed by atoms with Crippen LogP contribution in [0.2, 0.25) is 0 Å². The number of fused-ring (bicyclic) bond motifs is 1. The van der Waals surface area contributed by atoms with Gasteiger partial charge < -0.3 is 20.3 Å². The number of amides is 2. The van der Waals surface area contributed by atoms with Crippen LogP contribution in [0.25, 0.3) is 5.57 Å². The summed E-state index contributed by atoms with van der Waals surface area (Å²) in [6, 6.07) is 17.2. The van der Waals surface area contributed by atoms with Crippen LogP contribution in [-0.2, 0) is 9.59 Å². The lowest BCUT2D eigenvalue weighted by Gasteiger charge is -2.43. The maximum atomic E-state index is 13.0. The first kappa shape index (κ1) is 22.4. The SMILES string of the molecule is CCC(=O)N1CCCC(N2C=C(c3ccc(Oc4ccccc4)cc3)C3C(N)NNC(=O)C32)C1. The van der Waals surface area contributed by atoms with Gasteiger partial charge in [0.2, 0.25) is 5.91 Å². The molecule has 2 saturated heterocycles. The second-order valence-corrected chi connectivity index (χ2v) is 9.09.